The van der Waals surface area contributed by atoms with Gasteiger partial charge in [-0.2, -0.15) is 0 Å². The topological polar surface area (TPSA) is 52.2 Å². The third-order valence-corrected chi connectivity index (χ3v) is 3.92. The molecular weight excluding hydrogens is 300 g/mol. The fourth-order valence-corrected chi connectivity index (χ4v) is 2.72. The molecule has 5 nitrogen and oxygen atoms in total. The second-order valence-electron chi connectivity index (χ2n) is 5.03. The second-order valence-corrected chi connectivity index (χ2v) is 5.47. The van der Waals surface area contributed by atoms with Gasteiger partial charge in [-0.1, -0.05) is 41.9 Å². The number of hydrogen-bond donors (Lipinski definition) is 0. The molecule has 0 bridgehead atoms. The van der Waals surface area contributed by atoms with Gasteiger partial charge in [0.1, 0.15) is 6.33 Å². The van der Waals surface area contributed by atoms with Gasteiger partial charge in [0.25, 0.3) is 5.56 Å². The van der Waals surface area contributed by atoms with E-state index in [0.717, 1.165) is 10.9 Å². The molecule has 2 heterocycles. The summed E-state index contributed by atoms with van der Waals surface area (Å²) in [4.78, 5) is 12.8. The van der Waals surface area contributed by atoms with Crippen LogP contribution in [0.25, 0.3) is 16.4 Å². The predicted molar refractivity (Wildman–Crippen MR) is 85.3 cm³/mol. The third-order valence-electron chi connectivity index (χ3n) is 3.67. The van der Waals surface area contributed by atoms with Crippen molar-refractivity contribution in [3.8, 4) is 0 Å². The Morgan fingerprint density at radius 3 is 2.50 bits per heavy atom. The van der Waals surface area contributed by atoms with Crippen molar-refractivity contribution in [2.75, 3.05) is 0 Å². The van der Waals surface area contributed by atoms with Crippen LogP contribution in [0.1, 0.15) is 5.56 Å². The lowest BCUT2D eigenvalue weighted by molar-refractivity contribution is 0.605. The average molecular weight is 311 g/mol. The van der Waals surface area contributed by atoms with Gasteiger partial charge in [-0.25, -0.2) is 9.20 Å². The molecule has 0 unspecified atom stereocenters. The Hall–Kier alpha value is -2.66. The Kier molecular flexibility index (Phi) is 2.94. The Morgan fingerprint density at radius 2 is 1.73 bits per heavy atom. The van der Waals surface area contributed by atoms with Crippen molar-refractivity contribution in [2.24, 2.45) is 0 Å². The average Bonchev–Trinajstić information content (AvgIpc) is 3.03. The molecule has 108 valence electrons. The maximum absolute atomic E-state index is 12.8. The van der Waals surface area contributed by atoms with E-state index in [1.165, 1.54) is 0 Å². The maximum atomic E-state index is 12.8. The van der Waals surface area contributed by atoms with Crippen LogP contribution >= 0.6 is 11.6 Å². The van der Waals surface area contributed by atoms with Gasteiger partial charge < -0.3 is 0 Å². The monoisotopic (exact) mass is 310 g/mol. The summed E-state index contributed by atoms with van der Waals surface area (Å²) >= 11 is 5.91. The summed E-state index contributed by atoms with van der Waals surface area (Å²) in [7, 11) is 0. The molecule has 2 aromatic heterocycles. The second kappa shape index (κ2) is 4.96. The lowest BCUT2D eigenvalue weighted by Crippen LogP contribution is -2.26. The van der Waals surface area contributed by atoms with Gasteiger partial charge in [-0.15, -0.1) is 10.2 Å². The van der Waals surface area contributed by atoms with Gasteiger partial charge in [0.15, 0.2) is 5.65 Å². The molecule has 0 aliphatic carbocycles. The van der Waals surface area contributed by atoms with Crippen LogP contribution < -0.4 is 5.56 Å². The van der Waals surface area contributed by atoms with Crippen molar-refractivity contribution in [3.05, 3.63) is 75.8 Å². The van der Waals surface area contributed by atoms with Gasteiger partial charge in [-0.05, 0) is 23.8 Å². The van der Waals surface area contributed by atoms with E-state index >= 15 is 0 Å². The number of benzene rings is 2. The minimum atomic E-state index is -0.0714. The van der Waals surface area contributed by atoms with E-state index < -0.39 is 0 Å². The summed E-state index contributed by atoms with van der Waals surface area (Å²) < 4.78 is 3.32. The molecule has 0 saturated carbocycles. The van der Waals surface area contributed by atoms with Crippen LogP contribution in [-0.4, -0.2) is 19.4 Å². The highest BCUT2D eigenvalue weighted by atomic mass is 35.5. The fourth-order valence-electron chi connectivity index (χ4n) is 2.60. The molecule has 2 aromatic carbocycles. The number of fused-ring (bicyclic) bond motifs is 3. The van der Waals surface area contributed by atoms with E-state index in [-0.39, 0.29) is 5.56 Å². The summed E-state index contributed by atoms with van der Waals surface area (Å²) in [5, 5.41) is 10.2. The first-order valence-corrected chi connectivity index (χ1v) is 7.18. The van der Waals surface area contributed by atoms with Crippen molar-refractivity contribution in [3.63, 3.8) is 0 Å². The SMILES string of the molecule is O=c1c2ccccc2c2nncn2n1Cc1ccc(Cl)cc1. The summed E-state index contributed by atoms with van der Waals surface area (Å²) in [5.41, 5.74) is 1.58. The van der Waals surface area contributed by atoms with Gasteiger partial charge in [0, 0.05) is 10.4 Å². The minimum Gasteiger partial charge on any atom is -0.267 e. The quantitative estimate of drug-likeness (QED) is 0.572. The van der Waals surface area contributed by atoms with E-state index in [1.54, 1.807) is 15.5 Å². The highest BCUT2D eigenvalue weighted by Gasteiger charge is 2.11. The highest BCUT2D eigenvalue weighted by molar-refractivity contribution is 6.30. The van der Waals surface area contributed by atoms with Crippen molar-refractivity contribution in [1.29, 1.82) is 0 Å². The molecule has 0 aliphatic rings. The van der Waals surface area contributed by atoms with E-state index in [0.29, 0.717) is 22.6 Å². The van der Waals surface area contributed by atoms with Crippen LogP contribution in [0.4, 0.5) is 0 Å². The summed E-state index contributed by atoms with van der Waals surface area (Å²) in [6, 6.07) is 14.9. The van der Waals surface area contributed by atoms with Crippen LogP contribution in [-0.2, 0) is 6.54 Å². The molecule has 0 radical (unpaired) electrons. The zero-order valence-electron chi connectivity index (χ0n) is 11.5. The molecule has 6 heteroatoms. The predicted octanol–water partition coefficient (Wildman–Crippen LogP) is 2.75. The van der Waals surface area contributed by atoms with Gasteiger partial charge in [-0.3, -0.25) is 4.79 Å². The van der Waals surface area contributed by atoms with Crippen LogP contribution in [0.2, 0.25) is 5.02 Å². The minimum absolute atomic E-state index is 0.0714. The molecule has 22 heavy (non-hydrogen) atoms. The van der Waals surface area contributed by atoms with Gasteiger partial charge >= 0.3 is 0 Å². The van der Waals surface area contributed by atoms with Gasteiger partial charge in [0.05, 0.1) is 11.9 Å². The number of hydrogen-bond acceptors (Lipinski definition) is 3. The molecular formula is C16H11ClN4O. The summed E-state index contributed by atoms with van der Waals surface area (Å²) in [6.45, 7) is 0.426. The Labute approximate surface area is 130 Å². The van der Waals surface area contributed by atoms with Crippen molar-refractivity contribution < 1.29 is 0 Å². The first kappa shape index (κ1) is 13.0. The molecule has 0 amide bonds. The lowest BCUT2D eigenvalue weighted by Gasteiger charge is -2.11. The van der Waals surface area contributed by atoms with Crippen LogP contribution in [0.15, 0.2) is 59.7 Å². The number of halogens is 1. The molecule has 0 N–H and O–H groups in total. The first-order chi connectivity index (χ1) is 10.7. The molecule has 0 atom stereocenters. The van der Waals surface area contributed by atoms with Crippen molar-refractivity contribution in [2.45, 2.75) is 6.54 Å². The summed E-state index contributed by atoms with van der Waals surface area (Å²) in [5.74, 6) is 0. The fraction of sp³-hybridized carbons (Fsp3) is 0.0625. The number of aromatic nitrogens is 4. The van der Waals surface area contributed by atoms with Crippen LogP contribution in [0.3, 0.4) is 0 Å². The summed E-state index contributed by atoms with van der Waals surface area (Å²) in [6.07, 6.45) is 1.55. The Bertz CT molecular complexity index is 1030. The maximum Gasteiger partial charge on any atom is 0.273 e. The molecule has 0 aliphatic heterocycles. The number of nitrogens with zero attached hydrogens (tertiary/aromatic N) is 4. The number of rotatable bonds is 2. The first-order valence-electron chi connectivity index (χ1n) is 6.80. The standard InChI is InChI=1S/C16H11ClN4O/c17-12-7-5-11(6-8-12)9-20-16(22)14-4-2-1-3-13(14)15-19-18-10-21(15)20/h1-8,10H,9H2. The smallest absolute Gasteiger partial charge is 0.267 e. The largest absolute Gasteiger partial charge is 0.273 e. The van der Waals surface area contributed by atoms with Crippen molar-refractivity contribution >= 4 is 28.0 Å². The van der Waals surface area contributed by atoms with Crippen LogP contribution in [0.5, 0.6) is 0 Å². The van der Waals surface area contributed by atoms with E-state index in [1.807, 2.05) is 48.5 Å². The molecule has 0 saturated heterocycles. The van der Waals surface area contributed by atoms with Crippen LogP contribution in [0, 0.1) is 0 Å². The van der Waals surface area contributed by atoms with Crippen molar-refractivity contribution in [1.82, 2.24) is 19.4 Å². The molecule has 4 rings (SSSR count). The van der Waals surface area contributed by atoms with E-state index in [4.69, 9.17) is 11.6 Å². The molecule has 4 aromatic rings. The lowest BCUT2D eigenvalue weighted by atomic mass is 10.2. The molecule has 0 spiro atoms. The zero-order chi connectivity index (χ0) is 15.1. The zero-order valence-corrected chi connectivity index (χ0v) is 12.2. The van der Waals surface area contributed by atoms with Gasteiger partial charge in [0.2, 0.25) is 0 Å². The highest BCUT2D eigenvalue weighted by Crippen LogP contribution is 2.15. The Morgan fingerprint density at radius 1 is 1.00 bits per heavy atom. The van der Waals surface area contributed by atoms with E-state index in [2.05, 4.69) is 10.2 Å². The Balaban J connectivity index is 1.99. The third kappa shape index (κ3) is 1.98. The van der Waals surface area contributed by atoms with E-state index in [9.17, 15) is 4.79 Å². The molecule has 0 fully saturated rings. The normalized spacial score (nSPS) is 11.3.